The summed E-state index contributed by atoms with van der Waals surface area (Å²) in [6, 6.07) is 1.42. The first-order valence-electron chi connectivity index (χ1n) is 11.9. The lowest BCUT2D eigenvalue weighted by Crippen LogP contribution is -2.45. The molecule has 1 aliphatic heterocycles. The van der Waals surface area contributed by atoms with E-state index in [1.54, 1.807) is 19.9 Å². The van der Waals surface area contributed by atoms with Gasteiger partial charge >= 0.3 is 11.9 Å². The van der Waals surface area contributed by atoms with Crippen LogP contribution in [0.25, 0.3) is 5.65 Å². The van der Waals surface area contributed by atoms with Crippen LogP contribution in [-0.2, 0) is 19.0 Å². The lowest BCUT2D eigenvalue weighted by Gasteiger charge is -2.41. The third kappa shape index (κ3) is 5.99. The zero-order chi connectivity index (χ0) is 26.0. The molecule has 1 N–H and O–H groups in total. The summed E-state index contributed by atoms with van der Waals surface area (Å²) in [7, 11) is 0. The smallest absolute Gasteiger partial charge is 0.356 e. The fraction of sp³-hybridized carbons (Fsp3) is 0.600. The number of nitrogens with zero attached hydrogens (tertiary/aromatic N) is 4. The molecule has 1 unspecified atom stereocenters. The number of aryl methyl sites for hydroxylation is 1. The van der Waals surface area contributed by atoms with Crippen LogP contribution in [0, 0.1) is 6.92 Å². The molecule has 1 saturated heterocycles. The van der Waals surface area contributed by atoms with Gasteiger partial charge in [-0.1, -0.05) is 6.08 Å². The molecule has 0 spiro atoms. The molecule has 0 saturated carbocycles. The molecule has 1 fully saturated rings. The van der Waals surface area contributed by atoms with Gasteiger partial charge in [0.2, 0.25) is 0 Å². The number of carbonyl (C=O) groups excluding carboxylic acids is 1. The fourth-order valence-electron chi connectivity index (χ4n) is 4.22. The second-order valence-electron chi connectivity index (χ2n) is 9.94. The quantitative estimate of drug-likeness (QED) is 0.416. The summed E-state index contributed by atoms with van der Waals surface area (Å²) in [5, 5.41) is 13.9. The van der Waals surface area contributed by atoms with Gasteiger partial charge in [-0.3, -0.25) is 0 Å². The molecule has 0 radical (unpaired) electrons. The molecule has 1 atom stereocenters. The first kappa shape index (κ1) is 26.6. The Balaban J connectivity index is 2.18. The van der Waals surface area contributed by atoms with Crippen LogP contribution in [0.3, 0.4) is 0 Å². The number of anilines is 1. The van der Waals surface area contributed by atoms with E-state index in [0.29, 0.717) is 42.4 Å². The number of carboxylic acids is 1. The van der Waals surface area contributed by atoms with Crippen molar-refractivity contribution >= 4 is 23.4 Å². The number of ether oxygens (including phenoxy) is 3. The van der Waals surface area contributed by atoms with Gasteiger partial charge in [0.25, 0.3) is 0 Å². The third-order valence-corrected chi connectivity index (χ3v) is 5.93. The maximum absolute atomic E-state index is 13.1. The Labute approximate surface area is 205 Å². The van der Waals surface area contributed by atoms with Crippen LogP contribution in [0.5, 0.6) is 0 Å². The topological polar surface area (TPSA) is 115 Å². The predicted molar refractivity (Wildman–Crippen MR) is 131 cm³/mol. The number of aromatic nitrogens is 3. The van der Waals surface area contributed by atoms with Gasteiger partial charge in [-0.15, -0.1) is 6.58 Å². The zero-order valence-electron chi connectivity index (χ0n) is 21.5. The summed E-state index contributed by atoms with van der Waals surface area (Å²) in [5.74, 6) is -1.11. The highest BCUT2D eigenvalue weighted by Gasteiger charge is 2.38. The van der Waals surface area contributed by atoms with Crippen molar-refractivity contribution in [1.82, 2.24) is 14.6 Å². The van der Waals surface area contributed by atoms with Crippen LogP contribution in [-0.4, -0.2) is 69.1 Å². The van der Waals surface area contributed by atoms with Gasteiger partial charge in [-0.2, -0.15) is 9.61 Å². The van der Waals surface area contributed by atoms with Crippen molar-refractivity contribution in [2.24, 2.45) is 0 Å². The van der Waals surface area contributed by atoms with Gasteiger partial charge in [0, 0.05) is 24.8 Å². The predicted octanol–water partition coefficient (Wildman–Crippen LogP) is 3.72. The van der Waals surface area contributed by atoms with E-state index in [1.165, 1.54) is 10.6 Å². The van der Waals surface area contributed by atoms with Crippen LogP contribution in [0.15, 0.2) is 18.7 Å². The average molecular weight is 489 g/mol. The molecule has 1 aliphatic rings. The summed E-state index contributed by atoms with van der Waals surface area (Å²) in [6.07, 6.45) is 2.11. The molecule has 0 aliphatic carbocycles. The standard InChI is InChI=1S/C25H36N4O6/c1-8-14-34-25(7)10-12-28(13-11-25)21-19(20(23(32)33-9-2)35-24(4,5)6)16(3)26-18-15-17(22(30)31)27-29(18)21/h8,15,20H,1,9-14H2,2-7H3,(H,30,31). The van der Waals surface area contributed by atoms with E-state index >= 15 is 0 Å². The second kappa shape index (κ2) is 10.3. The van der Waals surface area contributed by atoms with Crippen molar-refractivity contribution < 1.29 is 28.9 Å². The molecule has 192 valence electrons. The van der Waals surface area contributed by atoms with Crippen LogP contribution in [0.2, 0.25) is 0 Å². The Kier molecular flexibility index (Phi) is 7.86. The van der Waals surface area contributed by atoms with E-state index in [1.807, 2.05) is 20.8 Å². The maximum atomic E-state index is 13.1. The lowest BCUT2D eigenvalue weighted by molar-refractivity contribution is -0.166. The summed E-state index contributed by atoms with van der Waals surface area (Å²) in [6.45, 7) is 16.8. The molecule has 0 amide bonds. The van der Waals surface area contributed by atoms with E-state index in [-0.39, 0.29) is 17.9 Å². The number of piperidine rings is 1. The fourth-order valence-corrected chi connectivity index (χ4v) is 4.22. The number of carbonyl (C=O) groups is 2. The van der Waals surface area contributed by atoms with Gasteiger partial charge in [0.05, 0.1) is 30.0 Å². The second-order valence-corrected chi connectivity index (χ2v) is 9.94. The molecular weight excluding hydrogens is 452 g/mol. The van der Waals surface area contributed by atoms with Crippen LogP contribution in [0.4, 0.5) is 5.82 Å². The van der Waals surface area contributed by atoms with E-state index in [4.69, 9.17) is 14.2 Å². The minimum Gasteiger partial charge on any atom is -0.476 e. The van der Waals surface area contributed by atoms with Crippen LogP contribution < -0.4 is 4.90 Å². The number of hydrogen-bond donors (Lipinski definition) is 1. The number of carboxylic acid groups (broad SMARTS) is 1. The third-order valence-electron chi connectivity index (χ3n) is 5.93. The maximum Gasteiger partial charge on any atom is 0.356 e. The molecule has 3 rings (SSSR count). The lowest BCUT2D eigenvalue weighted by atomic mass is 9.92. The molecule has 3 heterocycles. The van der Waals surface area contributed by atoms with Gasteiger partial charge in [-0.25, -0.2) is 14.6 Å². The number of aromatic carboxylic acids is 1. The first-order chi connectivity index (χ1) is 16.4. The minimum atomic E-state index is -1.16. The highest BCUT2D eigenvalue weighted by molar-refractivity contribution is 5.87. The van der Waals surface area contributed by atoms with Crippen molar-refractivity contribution in [3.8, 4) is 0 Å². The normalized spacial score (nSPS) is 16.8. The highest BCUT2D eigenvalue weighted by Crippen LogP contribution is 2.38. The minimum absolute atomic E-state index is 0.129. The molecule has 35 heavy (non-hydrogen) atoms. The van der Waals surface area contributed by atoms with Crippen molar-refractivity contribution in [3.05, 3.63) is 35.7 Å². The van der Waals surface area contributed by atoms with Crippen LogP contribution >= 0.6 is 0 Å². The molecular formula is C25H36N4O6. The first-order valence-corrected chi connectivity index (χ1v) is 11.9. The SMILES string of the molecule is C=CCOC1(C)CCN(c2c(C(OC(C)(C)C)C(=O)OCC)c(C)nc3cc(C(=O)O)nn23)CC1. The van der Waals surface area contributed by atoms with E-state index in [9.17, 15) is 14.7 Å². The van der Waals surface area contributed by atoms with Crippen molar-refractivity contribution in [2.45, 2.75) is 71.7 Å². The monoisotopic (exact) mass is 488 g/mol. The number of rotatable bonds is 9. The Morgan fingerprint density at radius 1 is 1.31 bits per heavy atom. The van der Waals surface area contributed by atoms with Gasteiger partial charge < -0.3 is 24.2 Å². The number of hydrogen-bond acceptors (Lipinski definition) is 8. The van der Waals surface area contributed by atoms with Crippen LogP contribution in [0.1, 0.15) is 75.3 Å². The Hall–Kier alpha value is -2.98. The molecule has 10 heteroatoms. The largest absolute Gasteiger partial charge is 0.476 e. The van der Waals surface area contributed by atoms with Crippen molar-refractivity contribution in [1.29, 1.82) is 0 Å². The molecule has 2 aromatic rings. The molecule has 2 aromatic heterocycles. The van der Waals surface area contributed by atoms with Gasteiger partial charge in [0.1, 0.15) is 5.82 Å². The summed E-state index contributed by atoms with van der Waals surface area (Å²) < 4.78 is 19.1. The zero-order valence-corrected chi connectivity index (χ0v) is 21.5. The Morgan fingerprint density at radius 2 is 1.97 bits per heavy atom. The highest BCUT2D eigenvalue weighted by atomic mass is 16.6. The Bertz CT molecular complexity index is 1100. The average Bonchev–Trinajstić information content (AvgIpc) is 3.20. The van der Waals surface area contributed by atoms with Gasteiger partial charge in [0.15, 0.2) is 17.4 Å². The summed E-state index contributed by atoms with van der Waals surface area (Å²) in [5.41, 5.74) is 0.338. The Morgan fingerprint density at radius 3 is 2.51 bits per heavy atom. The van der Waals surface area contributed by atoms with E-state index in [0.717, 1.165) is 12.8 Å². The van der Waals surface area contributed by atoms with E-state index in [2.05, 4.69) is 28.5 Å². The summed E-state index contributed by atoms with van der Waals surface area (Å²) in [4.78, 5) is 31.5. The van der Waals surface area contributed by atoms with Crippen molar-refractivity contribution in [3.63, 3.8) is 0 Å². The summed E-state index contributed by atoms with van der Waals surface area (Å²) >= 11 is 0. The molecule has 10 nitrogen and oxygen atoms in total. The van der Waals surface area contributed by atoms with Crippen molar-refractivity contribution in [2.75, 3.05) is 31.2 Å². The van der Waals surface area contributed by atoms with E-state index < -0.39 is 23.6 Å². The number of esters is 1. The molecule has 0 bridgehead atoms. The number of fused-ring (bicyclic) bond motifs is 1. The van der Waals surface area contributed by atoms with Gasteiger partial charge in [-0.05, 0) is 54.4 Å². The molecule has 0 aromatic carbocycles.